The van der Waals surface area contributed by atoms with Gasteiger partial charge < -0.3 is 5.32 Å². The van der Waals surface area contributed by atoms with Gasteiger partial charge in [0.2, 0.25) is 11.7 Å². The number of carbonyl (C=O) groups is 2. The Kier molecular flexibility index (Phi) is 7.20. The molecule has 0 saturated carbocycles. The average Bonchev–Trinajstić information content (AvgIpc) is 3.24. The quantitative estimate of drug-likeness (QED) is 0.375. The summed E-state index contributed by atoms with van der Waals surface area (Å²) in [6.07, 6.45) is 0.821. The number of nitrogens with zero attached hydrogens (tertiary/aromatic N) is 4. The summed E-state index contributed by atoms with van der Waals surface area (Å²) in [6.45, 7) is 8.58. The van der Waals surface area contributed by atoms with Gasteiger partial charge in [0, 0.05) is 12.2 Å². The Bertz CT molecular complexity index is 1470. The Labute approximate surface area is 206 Å². The van der Waals surface area contributed by atoms with Gasteiger partial charge in [-0.05, 0) is 55.5 Å². The molecule has 2 N–H and O–H groups in total. The van der Waals surface area contributed by atoms with Crippen molar-refractivity contribution in [2.45, 2.75) is 45.8 Å². The minimum atomic E-state index is -0.594. The van der Waals surface area contributed by atoms with E-state index in [1.165, 1.54) is 0 Å². The summed E-state index contributed by atoms with van der Waals surface area (Å²) in [5.41, 5.74) is 3.20. The van der Waals surface area contributed by atoms with E-state index < -0.39 is 11.9 Å². The van der Waals surface area contributed by atoms with Crippen LogP contribution in [0.25, 0.3) is 16.7 Å². The number of imide groups is 1. The molecular weight excluding hydrogens is 464 g/mol. The average molecular weight is 493 g/mol. The summed E-state index contributed by atoms with van der Waals surface area (Å²) >= 11 is 1.15. The summed E-state index contributed by atoms with van der Waals surface area (Å²) in [4.78, 5) is 37.9. The molecule has 0 aliphatic heterocycles. The maximum absolute atomic E-state index is 13.1. The van der Waals surface area contributed by atoms with E-state index in [4.69, 9.17) is 0 Å². The van der Waals surface area contributed by atoms with E-state index in [9.17, 15) is 14.4 Å². The molecule has 9 nitrogen and oxygen atoms in total. The third-order valence-corrected chi connectivity index (χ3v) is 6.78. The molecule has 2 aromatic heterocycles. The molecule has 0 saturated heterocycles. The van der Waals surface area contributed by atoms with Gasteiger partial charge in [-0.1, -0.05) is 49.9 Å². The highest BCUT2D eigenvalue weighted by Crippen LogP contribution is 2.22. The van der Waals surface area contributed by atoms with Gasteiger partial charge in [0.05, 0.1) is 16.7 Å². The standard InChI is InChI=1S/C25H28N6O3S/c1-15(2)12-13-30-22(33)18-9-5-6-11-20(18)31-24(30)28-29-25(31)35-14-21(32)27-23(34)26-19-10-7-8-16(3)17(19)4/h5-11,15H,12-14H2,1-4H3,(H2,26,27,32,34). The van der Waals surface area contributed by atoms with Crippen molar-refractivity contribution in [3.63, 3.8) is 0 Å². The SMILES string of the molecule is Cc1cccc(NC(=O)NC(=O)CSc2nnc3n(CCC(C)C)c(=O)c4ccccc4n23)c1C. The second kappa shape index (κ2) is 10.3. The predicted octanol–water partition coefficient (Wildman–Crippen LogP) is 4.15. The number of amides is 3. The normalized spacial score (nSPS) is 11.3. The summed E-state index contributed by atoms with van der Waals surface area (Å²) < 4.78 is 3.43. The first-order valence-electron chi connectivity index (χ1n) is 11.4. The van der Waals surface area contributed by atoms with Gasteiger partial charge in [-0.25, -0.2) is 4.79 Å². The number of benzene rings is 2. The van der Waals surface area contributed by atoms with E-state index in [0.717, 1.165) is 29.3 Å². The van der Waals surface area contributed by atoms with E-state index in [1.54, 1.807) is 21.1 Å². The number of nitrogens with one attached hydrogen (secondary N) is 2. The number of hydrogen-bond donors (Lipinski definition) is 2. The summed E-state index contributed by atoms with van der Waals surface area (Å²) in [5, 5.41) is 14.6. The number of aryl methyl sites for hydroxylation is 2. The Morgan fingerprint density at radius 1 is 1.06 bits per heavy atom. The summed E-state index contributed by atoms with van der Waals surface area (Å²) in [6, 6.07) is 12.3. The number of thioether (sulfide) groups is 1. The fraction of sp³-hybridized carbons (Fsp3) is 0.320. The zero-order valence-electron chi connectivity index (χ0n) is 20.2. The number of para-hydroxylation sites is 1. The van der Waals surface area contributed by atoms with Crippen LogP contribution in [0.1, 0.15) is 31.4 Å². The zero-order chi connectivity index (χ0) is 25.1. The van der Waals surface area contributed by atoms with Gasteiger partial charge in [0.1, 0.15) is 0 Å². The van der Waals surface area contributed by atoms with Crippen LogP contribution in [0.15, 0.2) is 52.4 Å². The second-order valence-corrected chi connectivity index (χ2v) is 9.76. The lowest BCUT2D eigenvalue weighted by Gasteiger charge is -2.12. The molecule has 0 aliphatic carbocycles. The van der Waals surface area contributed by atoms with Crippen LogP contribution < -0.4 is 16.2 Å². The van der Waals surface area contributed by atoms with Crippen molar-refractivity contribution in [2.24, 2.45) is 5.92 Å². The lowest BCUT2D eigenvalue weighted by Crippen LogP contribution is -2.35. The monoisotopic (exact) mass is 492 g/mol. The molecule has 10 heteroatoms. The molecule has 4 rings (SSSR count). The Morgan fingerprint density at radius 2 is 1.83 bits per heavy atom. The van der Waals surface area contributed by atoms with Crippen molar-refractivity contribution < 1.29 is 9.59 Å². The number of hydrogen-bond acceptors (Lipinski definition) is 6. The lowest BCUT2D eigenvalue weighted by molar-refractivity contribution is -0.117. The molecule has 2 aromatic carbocycles. The highest BCUT2D eigenvalue weighted by Gasteiger charge is 2.18. The van der Waals surface area contributed by atoms with Crippen LogP contribution >= 0.6 is 11.8 Å². The topological polar surface area (TPSA) is 110 Å². The molecule has 3 amide bonds. The van der Waals surface area contributed by atoms with Crippen LogP contribution in [0.5, 0.6) is 0 Å². The first-order chi connectivity index (χ1) is 16.8. The number of anilines is 1. The molecule has 4 aromatic rings. The molecule has 182 valence electrons. The third-order valence-electron chi connectivity index (χ3n) is 5.85. The zero-order valence-corrected chi connectivity index (χ0v) is 21.0. The molecular formula is C25H28N6O3S. The van der Waals surface area contributed by atoms with Gasteiger partial charge in [0.15, 0.2) is 5.16 Å². The number of urea groups is 1. The van der Waals surface area contributed by atoms with Crippen molar-refractivity contribution in [1.82, 2.24) is 24.5 Å². The highest BCUT2D eigenvalue weighted by atomic mass is 32.2. The van der Waals surface area contributed by atoms with Crippen LogP contribution in [-0.4, -0.2) is 36.9 Å². The minimum Gasteiger partial charge on any atom is -0.307 e. The molecule has 0 fully saturated rings. The molecule has 0 unspecified atom stereocenters. The molecule has 35 heavy (non-hydrogen) atoms. The van der Waals surface area contributed by atoms with Gasteiger partial charge in [-0.3, -0.25) is 23.9 Å². The number of carbonyl (C=O) groups excluding carboxylic acids is 2. The molecule has 0 aliphatic rings. The molecule has 2 heterocycles. The largest absolute Gasteiger partial charge is 0.325 e. The maximum atomic E-state index is 13.1. The first kappa shape index (κ1) is 24.5. The molecule has 0 spiro atoms. The summed E-state index contributed by atoms with van der Waals surface area (Å²) in [7, 11) is 0. The van der Waals surface area contributed by atoms with Crippen LogP contribution in [0.3, 0.4) is 0 Å². The van der Waals surface area contributed by atoms with Gasteiger partial charge in [-0.2, -0.15) is 0 Å². The van der Waals surface area contributed by atoms with Gasteiger partial charge >= 0.3 is 6.03 Å². The summed E-state index contributed by atoms with van der Waals surface area (Å²) in [5.74, 6) is 0.348. The minimum absolute atomic E-state index is 0.0412. The second-order valence-electron chi connectivity index (χ2n) is 8.81. The third kappa shape index (κ3) is 5.22. The Morgan fingerprint density at radius 3 is 2.60 bits per heavy atom. The number of rotatable bonds is 7. The van der Waals surface area contributed by atoms with E-state index in [2.05, 4.69) is 34.7 Å². The Balaban J connectivity index is 1.53. The predicted molar refractivity (Wildman–Crippen MR) is 138 cm³/mol. The van der Waals surface area contributed by atoms with Gasteiger partial charge in [0.25, 0.3) is 5.56 Å². The molecule has 0 atom stereocenters. The van der Waals surface area contributed by atoms with Crippen molar-refractivity contribution in [3.8, 4) is 0 Å². The van der Waals surface area contributed by atoms with Crippen molar-refractivity contribution >= 4 is 46.1 Å². The maximum Gasteiger partial charge on any atom is 0.325 e. The first-order valence-corrected chi connectivity index (χ1v) is 12.4. The van der Waals surface area contributed by atoms with E-state index in [0.29, 0.717) is 40.0 Å². The van der Waals surface area contributed by atoms with Crippen molar-refractivity contribution in [3.05, 3.63) is 63.9 Å². The van der Waals surface area contributed by atoms with Crippen LogP contribution in [-0.2, 0) is 11.3 Å². The number of aromatic nitrogens is 4. The van der Waals surface area contributed by atoms with E-state index in [1.807, 2.05) is 44.2 Å². The highest BCUT2D eigenvalue weighted by molar-refractivity contribution is 7.99. The molecule has 0 bridgehead atoms. The fourth-order valence-corrected chi connectivity index (χ4v) is 4.49. The van der Waals surface area contributed by atoms with Gasteiger partial charge in [-0.15, -0.1) is 10.2 Å². The van der Waals surface area contributed by atoms with Crippen LogP contribution in [0.2, 0.25) is 0 Å². The van der Waals surface area contributed by atoms with E-state index in [-0.39, 0.29) is 11.3 Å². The Hall–Kier alpha value is -3.66. The fourth-order valence-electron chi connectivity index (χ4n) is 3.75. The lowest BCUT2D eigenvalue weighted by atomic mass is 10.1. The molecule has 0 radical (unpaired) electrons. The van der Waals surface area contributed by atoms with Crippen molar-refractivity contribution in [2.75, 3.05) is 11.1 Å². The van der Waals surface area contributed by atoms with Crippen LogP contribution in [0, 0.1) is 19.8 Å². The van der Waals surface area contributed by atoms with Crippen LogP contribution in [0.4, 0.5) is 10.5 Å². The van der Waals surface area contributed by atoms with Crippen molar-refractivity contribution in [1.29, 1.82) is 0 Å². The number of fused-ring (bicyclic) bond motifs is 3. The van der Waals surface area contributed by atoms with E-state index >= 15 is 0 Å². The smallest absolute Gasteiger partial charge is 0.307 e.